The zero-order valence-electron chi connectivity index (χ0n) is 9.29. The molecule has 1 aliphatic rings. The molecule has 1 fully saturated rings. The van der Waals surface area contributed by atoms with E-state index < -0.39 is 0 Å². The van der Waals surface area contributed by atoms with Crippen LogP contribution in [0.1, 0.15) is 25.6 Å². The second kappa shape index (κ2) is 5.11. The number of hydrogen-bond donors (Lipinski definition) is 2. The Kier molecular flexibility index (Phi) is 3.55. The van der Waals surface area contributed by atoms with E-state index in [1.54, 1.807) is 0 Å². The molecule has 0 bridgehead atoms. The molecule has 0 aliphatic carbocycles. The average molecular weight is 209 g/mol. The van der Waals surface area contributed by atoms with E-state index in [4.69, 9.17) is 0 Å². The highest BCUT2D eigenvalue weighted by atomic mass is 15.4. The number of aryl methyl sites for hydroxylation is 1. The van der Waals surface area contributed by atoms with Gasteiger partial charge in [-0.05, 0) is 19.4 Å². The van der Waals surface area contributed by atoms with E-state index in [0.29, 0.717) is 0 Å². The van der Waals surface area contributed by atoms with E-state index in [-0.39, 0.29) is 0 Å². The fraction of sp³-hybridized carbons (Fsp3) is 0.800. The number of aromatic amines is 1. The molecule has 5 heteroatoms. The third-order valence-electron chi connectivity index (χ3n) is 2.63. The molecule has 2 heterocycles. The monoisotopic (exact) mass is 209 g/mol. The molecule has 1 aromatic heterocycles. The van der Waals surface area contributed by atoms with Crippen LogP contribution in [0.3, 0.4) is 0 Å². The van der Waals surface area contributed by atoms with E-state index in [0.717, 1.165) is 57.2 Å². The van der Waals surface area contributed by atoms with Crippen molar-refractivity contribution in [2.45, 2.75) is 26.2 Å². The number of nitrogens with one attached hydrogen (secondary N) is 2. The number of rotatable bonds is 3. The van der Waals surface area contributed by atoms with Crippen LogP contribution >= 0.6 is 0 Å². The average Bonchev–Trinajstić information content (AvgIpc) is 2.53. The van der Waals surface area contributed by atoms with Crippen molar-refractivity contribution in [3.05, 3.63) is 5.82 Å². The van der Waals surface area contributed by atoms with Crippen LogP contribution < -0.4 is 10.2 Å². The zero-order chi connectivity index (χ0) is 10.5. The van der Waals surface area contributed by atoms with E-state index in [2.05, 4.69) is 32.3 Å². The Balaban J connectivity index is 2.00. The van der Waals surface area contributed by atoms with Gasteiger partial charge in [0, 0.05) is 26.1 Å². The smallest absolute Gasteiger partial charge is 0.244 e. The quantitative estimate of drug-likeness (QED) is 0.763. The Morgan fingerprint density at radius 1 is 1.33 bits per heavy atom. The molecule has 0 atom stereocenters. The summed E-state index contributed by atoms with van der Waals surface area (Å²) in [7, 11) is 0. The molecule has 0 spiro atoms. The minimum Gasteiger partial charge on any atom is -0.338 e. The second-order valence-corrected chi connectivity index (χ2v) is 3.92. The van der Waals surface area contributed by atoms with Crippen molar-refractivity contribution >= 4 is 5.95 Å². The fourth-order valence-electron chi connectivity index (χ4n) is 1.82. The highest BCUT2D eigenvalue weighted by molar-refractivity contribution is 5.28. The lowest BCUT2D eigenvalue weighted by Crippen LogP contribution is -2.28. The van der Waals surface area contributed by atoms with Gasteiger partial charge in [-0.2, -0.15) is 4.98 Å². The van der Waals surface area contributed by atoms with Crippen molar-refractivity contribution < 1.29 is 0 Å². The molecular weight excluding hydrogens is 190 g/mol. The third kappa shape index (κ3) is 2.68. The molecule has 2 rings (SSSR count). The lowest BCUT2D eigenvalue weighted by atomic mass is 10.3. The summed E-state index contributed by atoms with van der Waals surface area (Å²) in [5, 5.41) is 10.6. The van der Waals surface area contributed by atoms with Crippen molar-refractivity contribution in [2.24, 2.45) is 0 Å². The maximum Gasteiger partial charge on any atom is 0.244 e. The van der Waals surface area contributed by atoms with Crippen LogP contribution in [-0.4, -0.2) is 41.4 Å². The fourth-order valence-corrected chi connectivity index (χ4v) is 1.82. The minimum absolute atomic E-state index is 0.863. The van der Waals surface area contributed by atoms with Crippen molar-refractivity contribution in [3.63, 3.8) is 0 Å². The van der Waals surface area contributed by atoms with Crippen molar-refractivity contribution in [2.75, 3.05) is 31.1 Å². The second-order valence-electron chi connectivity index (χ2n) is 3.92. The summed E-state index contributed by atoms with van der Waals surface area (Å²) in [4.78, 5) is 6.74. The molecule has 1 saturated heterocycles. The van der Waals surface area contributed by atoms with Crippen LogP contribution in [-0.2, 0) is 6.42 Å². The van der Waals surface area contributed by atoms with Crippen LogP contribution in [0.25, 0.3) is 0 Å². The van der Waals surface area contributed by atoms with Crippen LogP contribution in [0.5, 0.6) is 0 Å². The first kappa shape index (κ1) is 10.4. The SMILES string of the molecule is CCCc1nc(N2CCCNCC2)n[nH]1. The molecule has 0 aromatic carbocycles. The van der Waals surface area contributed by atoms with Crippen LogP contribution in [0.15, 0.2) is 0 Å². The van der Waals surface area contributed by atoms with Gasteiger partial charge in [-0.1, -0.05) is 6.92 Å². The van der Waals surface area contributed by atoms with E-state index >= 15 is 0 Å². The van der Waals surface area contributed by atoms with Gasteiger partial charge >= 0.3 is 0 Å². The van der Waals surface area contributed by atoms with Gasteiger partial charge in [0.25, 0.3) is 0 Å². The predicted molar refractivity (Wildman–Crippen MR) is 60.1 cm³/mol. The molecule has 0 radical (unpaired) electrons. The zero-order valence-corrected chi connectivity index (χ0v) is 9.29. The molecular formula is C10H19N5. The number of anilines is 1. The first-order valence-electron chi connectivity index (χ1n) is 5.77. The Hall–Kier alpha value is -1.10. The standard InChI is InChI=1S/C10H19N5/c1-2-4-9-12-10(14-13-9)15-7-3-5-11-6-8-15/h11H,2-8H2,1H3,(H,12,13,14). The number of H-pyrrole nitrogens is 1. The lowest BCUT2D eigenvalue weighted by molar-refractivity contribution is 0.724. The van der Waals surface area contributed by atoms with Crippen LogP contribution in [0.4, 0.5) is 5.95 Å². The van der Waals surface area contributed by atoms with Gasteiger partial charge in [0.1, 0.15) is 5.82 Å². The predicted octanol–water partition coefficient (Wildman–Crippen LogP) is 0.557. The normalized spacial score (nSPS) is 17.8. The Morgan fingerprint density at radius 2 is 2.27 bits per heavy atom. The topological polar surface area (TPSA) is 56.8 Å². The molecule has 2 N–H and O–H groups in total. The maximum absolute atomic E-state index is 4.50. The van der Waals surface area contributed by atoms with E-state index in [9.17, 15) is 0 Å². The maximum atomic E-state index is 4.50. The van der Waals surface area contributed by atoms with Crippen LogP contribution in [0.2, 0.25) is 0 Å². The third-order valence-corrected chi connectivity index (χ3v) is 2.63. The molecule has 84 valence electrons. The summed E-state index contributed by atoms with van der Waals surface area (Å²) in [6.45, 7) is 6.33. The molecule has 5 nitrogen and oxygen atoms in total. The first-order chi connectivity index (χ1) is 7.40. The Bertz CT molecular complexity index is 288. The summed E-state index contributed by atoms with van der Waals surface area (Å²) in [6.07, 6.45) is 3.26. The van der Waals surface area contributed by atoms with Crippen molar-refractivity contribution in [1.29, 1.82) is 0 Å². The summed E-state index contributed by atoms with van der Waals surface area (Å²) >= 11 is 0. The van der Waals surface area contributed by atoms with Crippen molar-refractivity contribution in [3.8, 4) is 0 Å². The van der Waals surface area contributed by atoms with Gasteiger partial charge in [-0.25, -0.2) is 0 Å². The highest BCUT2D eigenvalue weighted by Gasteiger charge is 2.13. The van der Waals surface area contributed by atoms with Gasteiger partial charge in [0.05, 0.1) is 0 Å². The molecule has 0 amide bonds. The summed E-state index contributed by atoms with van der Waals surface area (Å²) in [5.74, 6) is 1.87. The van der Waals surface area contributed by atoms with E-state index in [1.165, 1.54) is 0 Å². The Morgan fingerprint density at radius 3 is 3.13 bits per heavy atom. The lowest BCUT2D eigenvalue weighted by Gasteiger charge is -2.16. The van der Waals surface area contributed by atoms with Crippen molar-refractivity contribution in [1.82, 2.24) is 20.5 Å². The molecule has 1 aromatic rings. The van der Waals surface area contributed by atoms with E-state index in [1.807, 2.05) is 0 Å². The minimum atomic E-state index is 0.863. The van der Waals surface area contributed by atoms with Gasteiger partial charge in [0.2, 0.25) is 5.95 Å². The number of hydrogen-bond acceptors (Lipinski definition) is 4. The largest absolute Gasteiger partial charge is 0.338 e. The first-order valence-corrected chi connectivity index (χ1v) is 5.77. The van der Waals surface area contributed by atoms with Crippen LogP contribution in [0, 0.1) is 0 Å². The summed E-state index contributed by atoms with van der Waals surface area (Å²) < 4.78 is 0. The summed E-state index contributed by atoms with van der Waals surface area (Å²) in [6, 6.07) is 0. The number of nitrogens with zero attached hydrogens (tertiary/aromatic N) is 3. The van der Waals surface area contributed by atoms with Gasteiger partial charge < -0.3 is 10.2 Å². The van der Waals surface area contributed by atoms with Gasteiger partial charge in [0.15, 0.2) is 0 Å². The summed E-state index contributed by atoms with van der Waals surface area (Å²) in [5.41, 5.74) is 0. The van der Waals surface area contributed by atoms with Gasteiger partial charge in [-0.3, -0.25) is 5.10 Å². The highest BCUT2D eigenvalue weighted by Crippen LogP contribution is 2.09. The Labute approximate surface area is 90.3 Å². The molecule has 1 aliphatic heterocycles. The van der Waals surface area contributed by atoms with Gasteiger partial charge in [-0.15, -0.1) is 5.10 Å². The number of aromatic nitrogens is 3. The molecule has 0 unspecified atom stereocenters. The molecule has 0 saturated carbocycles. The molecule has 15 heavy (non-hydrogen) atoms.